The van der Waals surface area contributed by atoms with Gasteiger partial charge in [0.25, 0.3) is 0 Å². The second-order valence-electron chi connectivity index (χ2n) is 12.8. The molecule has 9 heteroatoms. The second kappa shape index (κ2) is 13.7. The number of aliphatic imine (C=N–C) groups is 1. The Morgan fingerprint density at radius 1 is 1.16 bits per heavy atom. The molecule has 0 bridgehead atoms. The van der Waals surface area contributed by atoms with Gasteiger partial charge in [-0.25, -0.2) is 0 Å². The van der Waals surface area contributed by atoms with Gasteiger partial charge in [0, 0.05) is 49.1 Å². The van der Waals surface area contributed by atoms with Crippen molar-refractivity contribution in [2.45, 2.75) is 97.9 Å². The van der Waals surface area contributed by atoms with E-state index in [9.17, 15) is 0 Å². The van der Waals surface area contributed by atoms with Crippen LogP contribution in [0.2, 0.25) is 0 Å². The fraction of sp³-hybridized carbons (Fsp3) is 0.828. The summed E-state index contributed by atoms with van der Waals surface area (Å²) in [6, 6.07) is 0.374. The number of nitrogens with two attached hydrogens (primary N) is 4. The Morgan fingerprint density at radius 2 is 1.84 bits per heavy atom. The number of hydrazine groups is 1. The van der Waals surface area contributed by atoms with E-state index < -0.39 is 12.6 Å². The van der Waals surface area contributed by atoms with Crippen molar-refractivity contribution in [2.75, 3.05) is 13.1 Å². The highest BCUT2D eigenvalue weighted by Gasteiger charge is 2.38. The number of rotatable bonds is 11. The standard InChI is InChI=1S/C29H56N8O/c1-18(2)23-7-8-24(19(3)13-23)14-21(5)35-29(6)15-20(4)25(17-34-29)27(31)38-28(32)37-11-9-22(10-12-37)26(16-30)36-33/h7-8,16-25,27-28,35-36H,9-15,30-33H2,1-6H3/b26-16-/t19?,20?,21?,23?,24?,25?,27?,28?,29-/m1/s1. The van der Waals surface area contributed by atoms with Crippen LogP contribution in [0.15, 0.2) is 29.0 Å². The van der Waals surface area contributed by atoms with Crippen LogP contribution in [-0.4, -0.2) is 48.5 Å². The molecule has 218 valence electrons. The molecule has 0 radical (unpaired) electrons. The van der Waals surface area contributed by atoms with Crippen molar-refractivity contribution in [1.82, 2.24) is 15.6 Å². The molecular weight excluding hydrogens is 476 g/mol. The number of hydrogen-bond acceptors (Lipinski definition) is 9. The first-order valence-electron chi connectivity index (χ1n) is 14.8. The highest BCUT2D eigenvalue weighted by molar-refractivity contribution is 5.63. The molecule has 10 N–H and O–H groups in total. The van der Waals surface area contributed by atoms with E-state index in [2.05, 4.69) is 69.3 Å². The summed E-state index contributed by atoms with van der Waals surface area (Å²) in [4.78, 5) is 7.09. The average molecular weight is 533 g/mol. The first-order chi connectivity index (χ1) is 18.0. The summed E-state index contributed by atoms with van der Waals surface area (Å²) in [5, 5.41) is 3.83. The molecule has 3 rings (SSSR count). The van der Waals surface area contributed by atoms with Gasteiger partial charge >= 0.3 is 0 Å². The molecule has 1 fully saturated rings. The molecule has 0 aromatic carbocycles. The summed E-state index contributed by atoms with van der Waals surface area (Å²) < 4.78 is 6.12. The molecule has 0 spiro atoms. The van der Waals surface area contributed by atoms with E-state index in [4.69, 9.17) is 32.8 Å². The summed E-state index contributed by atoms with van der Waals surface area (Å²) in [5.74, 6) is 8.99. The summed E-state index contributed by atoms with van der Waals surface area (Å²) >= 11 is 0. The van der Waals surface area contributed by atoms with Crippen LogP contribution in [0.4, 0.5) is 0 Å². The van der Waals surface area contributed by atoms with Gasteiger partial charge in [-0.15, -0.1) is 0 Å². The number of nitrogens with zero attached hydrogens (tertiary/aromatic N) is 2. The largest absolute Gasteiger partial charge is 0.403 e. The smallest absolute Gasteiger partial charge is 0.165 e. The highest BCUT2D eigenvalue weighted by atomic mass is 16.5. The van der Waals surface area contributed by atoms with E-state index in [1.165, 1.54) is 6.42 Å². The van der Waals surface area contributed by atoms with Crippen LogP contribution in [0.25, 0.3) is 0 Å². The first-order valence-corrected chi connectivity index (χ1v) is 14.8. The molecule has 3 aliphatic rings. The zero-order valence-electron chi connectivity index (χ0n) is 24.6. The van der Waals surface area contributed by atoms with E-state index >= 15 is 0 Å². The molecule has 38 heavy (non-hydrogen) atoms. The number of piperidine rings is 1. The lowest BCUT2D eigenvalue weighted by Crippen LogP contribution is -2.55. The number of likely N-dealkylation sites (tertiary alicyclic amines) is 1. The maximum atomic E-state index is 6.53. The van der Waals surface area contributed by atoms with Crippen LogP contribution in [0, 0.1) is 41.4 Å². The topological polar surface area (TPSA) is 153 Å². The van der Waals surface area contributed by atoms with Crippen molar-refractivity contribution in [1.29, 1.82) is 0 Å². The molecule has 0 amide bonds. The van der Waals surface area contributed by atoms with E-state index in [1.807, 2.05) is 6.21 Å². The van der Waals surface area contributed by atoms with Gasteiger partial charge in [0.15, 0.2) is 6.35 Å². The first kappa shape index (κ1) is 31.0. The van der Waals surface area contributed by atoms with Crippen LogP contribution in [0.5, 0.6) is 0 Å². The van der Waals surface area contributed by atoms with Crippen molar-refractivity contribution in [2.24, 2.45) is 69.5 Å². The van der Waals surface area contributed by atoms with Crippen molar-refractivity contribution < 1.29 is 4.74 Å². The predicted octanol–water partition coefficient (Wildman–Crippen LogP) is 2.80. The lowest BCUT2D eigenvalue weighted by Gasteiger charge is -2.42. The zero-order chi connectivity index (χ0) is 28.0. The van der Waals surface area contributed by atoms with Crippen LogP contribution in [0.1, 0.15) is 73.6 Å². The normalized spacial score (nSPS) is 35.8. The summed E-state index contributed by atoms with van der Waals surface area (Å²) in [6.07, 6.45) is 12.6. The lowest BCUT2D eigenvalue weighted by atomic mass is 9.74. The van der Waals surface area contributed by atoms with Gasteiger partial charge in [-0.1, -0.05) is 39.8 Å². The Hall–Kier alpha value is -1.49. The van der Waals surface area contributed by atoms with Crippen molar-refractivity contribution >= 4 is 6.21 Å². The summed E-state index contributed by atoms with van der Waals surface area (Å²) in [5.41, 5.74) is 21.9. The fourth-order valence-corrected chi connectivity index (χ4v) is 6.78. The van der Waals surface area contributed by atoms with Crippen LogP contribution < -0.4 is 33.8 Å². The Morgan fingerprint density at radius 3 is 2.39 bits per heavy atom. The van der Waals surface area contributed by atoms with Gasteiger partial charge in [0.1, 0.15) is 11.9 Å². The van der Waals surface area contributed by atoms with Gasteiger partial charge in [-0.3, -0.25) is 26.8 Å². The fourth-order valence-electron chi connectivity index (χ4n) is 6.78. The molecule has 1 saturated heterocycles. The SMILES string of the molecule is CC(CC1C=CC(C(C)C)CC1C)N[C@]1(C)CC(C)C(C(N)OC(N)N2CCC(/C(=C/N)NN)CC2)C=N1. The molecule has 0 saturated carbocycles. The van der Waals surface area contributed by atoms with Crippen molar-refractivity contribution in [3.8, 4) is 0 Å². The minimum Gasteiger partial charge on any atom is -0.403 e. The Bertz CT molecular complexity index is 823. The van der Waals surface area contributed by atoms with E-state index in [-0.39, 0.29) is 11.6 Å². The van der Waals surface area contributed by atoms with Crippen LogP contribution >= 0.6 is 0 Å². The van der Waals surface area contributed by atoms with E-state index in [1.54, 1.807) is 6.20 Å². The molecule has 2 heterocycles. The number of nitrogens with one attached hydrogen (secondary N) is 2. The monoisotopic (exact) mass is 532 g/mol. The molecule has 9 atom stereocenters. The molecule has 9 nitrogen and oxygen atoms in total. The van der Waals surface area contributed by atoms with Gasteiger partial charge < -0.3 is 21.6 Å². The predicted molar refractivity (Wildman–Crippen MR) is 157 cm³/mol. The Kier molecular flexibility index (Phi) is 11.2. The van der Waals surface area contributed by atoms with E-state index in [0.717, 1.165) is 44.5 Å². The zero-order valence-corrected chi connectivity index (χ0v) is 24.6. The quantitative estimate of drug-likeness (QED) is 0.103. The summed E-state index contributed by atoms with van der Waals surface area (Å²) in [7, 11) is 0. The average Bonchev–Trinajstić information content (AvgIpc) is 2.85. The lowest BCUT2D eigenvalue weighted by molar-refractivity contribution is -0.118. The maximum Gasteiger partial charge on any atom is 0.165 e. The van der Waals surface area contributed by atoms with E-state index in [0.29, 0.717) is 41.5 Å². The van der Waals surface area contributed by atoms with Crippen LogP contribution in [0.3, 0.4) is 0 Å². The summed E-state index contributed by atoms with van der Waals surface area (Å²) in [6.45, 7) is 15.4. The molecule has 2 aliphatic heterocycles. The Labute approximate surface area is 231 Å². The Balaban J connectivity index is 1.49. The van der Waals surface area contributed by atoms with Crippen LogP contribution in [-0.2, 0) is 4.74 Å². The number of hydrogen-bond donors (Lipinski definition) is 6. The second-order valence-corrected chi connectivity index (χ2v) is 12.8. The molecule has 0 aromatic heterocycles. The molecule has 1 aliphatic carbocycles. The molecular formula is C29H56N8O. The highest BCUT2D eigenvalue weighted by Crippen LogP contribution is 2.36. The molecule has 0 aromatic rings. The van der Waals surface area contributed by atoms with Gasteiger partial charge in [-0.05, 0) is 75.5 Å². The maximum absolute atomic E-state index is 6.53. The minimum atomic E-state index is -0.546. The van der Waals surface area contributed by atoms with Gasteiger partial charge in [0.2, 0.25) is 0 Å². The number of allylic oxidation sites excluding steroid dienone is 3. The molecule has 8 unspecified atom stereocenters. The third-order valence-electron chi connectivity index (χ3n) is 9.28. The van der Waals surface area contributed by atoms with Gasteiger partial charge in [0.05, 0.1) is 0 Å². The van der Waals surface area contributed by atoms with Crippen molar-refractivity contribution in [3.05, 3.63) is 24.0 Å². The third-order valence-corrected chi connectivity index (χ3v) is 9.28. The third kappa shape index (κ3) is 8.02. The minimum absolute atomic E-state index is 0.0197. The number of ether oxygens (including phenoxy) is 1. The van der Waals surface area contributed by atoms with Gasteiger partial charge in [-0.2, -0.15) is 0 Å². The van der Waals surface area contributed by atoms with Crippen molar-refractivity contribution in [3.63, 3.8) is 0 Å².